The van der Waals surface area contributed by atoms with Crippen molar-refractivity contribution in [2.75, 3.05) is 43.4 Å². The van der Waals surface area contributed by atoms with Gasteiger partial charge in [0.15, 0.2) is 0 Å². The van der Waals surface area contributed by atoms with Crippen molar-refractivity contribution >= 4 is 32.7 Å². The molecule has 3 rings (SSSR count). The fraction of sp³-hybridized carbons (Fsp3) is 0.467. The van der Waals surface area contributed by atoms with Crippen LogP contribution in [0.5, 0.6) is 0 Å². The van der Waals surface area contributed by atoms with Crippen molar-refractivity contribution in [3.8, 4) is 0 Å². The molecule has 0 unspecified atom stereocenters. The first-order chi connectivity index (χ1) is 11.4. The number of anilines is 1. The van der Waals surface area contributed by atoms with Gasteiger partial charge in [-0.3, -0.25) is 9.10 Å². The Kier molecular flexibility index (Phi) is 4.46. The maximum absolute atomic E-state index is 12.5. The van der Waals surface area contributed by atoms with Crippen molar-refractivity contribution in [2.24, 2.45) is 7.05 Å². The number of hydrogen-bond donors (Lipinski definition) is 0. The minimum Gasteiger partial charge on any atom is -0.378 e. The van der Waals surface area contributed by atoms with Gasteiger partial charge in [-0.25, -0.2) is 13.4 Å². The van der Waals surface area contributed by atoms with Crippen molar-refractivity contribution in [3.05, 3.63) is 24.5 Å². The van der Waals surface area contributed by atoms with Gasteiger partial charge in [-0.1, -0.05) is 0 Å². The summed E-state index contributed by atoms with van der Waals surface area (Å²) in [5, 5.41) is 0. The summed E-state index contributed by atoms with van der Waals surface area (Å²) >= 11 is 0. The van der Waals surface area contributed by atoms with E-state index in [2.05, 4.69) is 4.98 Å². The van der Waals surface area contributed by atoms with E-state index in [9.17, 15) is 13.2 Å². The number of amides is 1. The number of carbonyl (C=O) groups excluding carboxylic acids is 1. The number of carbonyl (C=O) groups is 1. The van der Waals surface area contributed by atoms with Gasteiger partial charge in [0.2, 0.25) is 15.9 Å². The number of ether oxygens (including phenoxy) is 1. The number of aryl methyl sites for hydroxylation is 1. The van der Waals surface area contributed by atoms with Gasteiger partial charge in [0.25, 0.3) is 0 Å². The van der Waals surface area contributed by atoms with Gasteiger partial charge in [-0.05, 0) is 18.2 Å². The van der Waals surface area contributed by atoms with Crippen LogP contribution >= 0.6 is 0 Å². The molecule has 1 aliphatic rings. The first-order valence-corrected chi connectivity index (χ1v) is 9.45. The quantitative estimate of drug-likeness (QED) is 0.785. The third kappa shape index (κ3) is 3.36. The number of aromatic nitrogens is 2. The van der Waals surface area contributed by atoms with Crippen LogP contribution in [0, 0.1) is 0 Å². The molecule has 9 heteroatoms. The van der Waals surface area contributed by atoms with E-state index in [1.165, 1.54) is 0 Å². The van der Waals surface area contributed by atoms with E-state index in [-0.39, 0.29) is 12.5 Å². The Hall–Kier alpha value is -2.13. The SMILES string of the molecule is Cn1cnc2ccc(N(CC(=O)N3CCOCC3)S(C)(=O)=O)cc21. The van der Waals surface area contributed by atoms with Crippen LogP contribution in [0.15, 0.2) is 24.5 Å². The second-order valence-electron chi connectivity index (χ2n) is 5.79. The molecule has 1 fully saturated rings. The van der Waals surface area contributed by atoms with Gasteiger partial charge < -0.3 is 14.2 Å². The highest BCUT2D eigenvalue weighted by Gasteiger charge is 2.25. The predicted octanol–water partition coefficient (Wildman–Crippen LogP) is 0.198. The van der Waals surface area contributed by atoms with Crippen LogP contribution in [0.25, 0.3) is 11.0 Å². The van der Waals surface area contributed by atoms with Crippen LogP contribution in [-0.2, 0) is 26.6 Å². The topological polar surface area (TPSA) is 84.7 Å². The van der Waals surface area contributed by atoms with Crippen molar-refractivity contribution < 1.29 is 17.9 Å². The third-order valence-corrected chi connectivity index (χ3v) is 5.18. The number of hydrogen-bond acceptors (Lipinski definition) is 5. The van der Waals surface area contributed by atoms with Crippen molar-refractivity contribution in [1.29, 1.82) is 0 Å². The molecule has 2 aromatic rings. The largest absolute Gasteiger partial charge is 0.378 e. The van der Waals surface area contributed by atoms with Crippen LogP contribution < -0.4 is 4.31 Å². The molecule has 1 saturated heterocycles. The second kappa shape index (κ2) is 6.40. The molecule has 1 aromatic heterocycles. The summed E-state index contributed by atoms with van der Waals surface area (Å²) < 4.78 is 32.6. The minimum absolute atomic E-state index is 0.220. The monoisotopic (exact) mass is 352 g/mol. The Morgan fingerprint density at radius 1 is 1.33 bits per heavy atom. The number of morpholine rings is 1. The van der Waals surface area contributed by atoms with Gasteiger partial charge >= 0.3 is 0 Å². The number of benzene rings is 1. The second-order valence-corrected chi connectivity index (χ2v) is 7.70. The Morgan fingerprint density at radius 3 is 2.71 bits per heavy atom. The van der Waals surface area contributed by atoms with Gasteiger partial charge in [-0.2, -0.15) is 0 Å². The normalized spacial score (nSPS) is 15.7. The van der Waals surface area contributed by atoms with Gasteiger partial charge in [0.05, 0.1) is 42.5 Å². The molecule has 0 radical (unpaired) electrons. The lowest BCUT2D eigenvalue weighted by Gasteiger charge is -2.30. The average Bonchev–Trinajstić information content (AvgIpc) is 2.93. The molecule has 2 heterocycles. The minimum atomic E-state index is -3.59. The number of imidazole rings is 1. The zero-order chi connectivity index (χ0) is 17.3. The van der Waals surface area contributed by atoms with Crippen molar-refractivity contribution in [3.63, 3.8) is 0 Å². The van der Waals surface area contributed by atoms with Gasteiger partial charge in [0.1, 0.15) is 6.54 Å². The molecule has 0 bridgehead atoms. The first-order valence-electron chi connectivity index (χ1n) is 7.60. The van der Waals surface area contributed by atoms with Crippen LogP contribution in [-0.4, -0.2) is 67.9 Å². The van der Waals surface area contributed by atoms with E-state index < -0.39 is 10.0 Å². The highest BCUT2D eigenvalue weighted by molar-refractivity contribution is 7.92. The molecule has 1 aromatic carbocycles. The fourth-order valence-electron chi connectivity index (χ4n) is 2.71. The lowest BCUT2D eigenvalue weighted by atomic mass is 10.2. The third-order valence-electron chi connectivity index (χ3n) is 4.04. The van der Waals surface area contributed by atoms with E-state index in [4.69, 9.17) is 4.74 Å². The van der Waals surface area contributed by atoms with Crippen molar-refractivity contribution in [1.82, 2.24) is 14.5 Å². The van der Waals surface area contributed by atoms with E-state index in [1.807, 2.05) is 11.6 Å². The summed E-state index contributed by atoms with van der Waals surface area (Å²) in [4.78, 5) is 18.3. The van der Waals surface area contributed by atoms with Crippen LogP contribution in [0.2, 0.25) is 0 Å². The number of fused-ring (bicyclic) bond motifs is 1. The van der Waals surface area contributed by atoms with Crippen LogP contribution in [0.1, 0.15) is 0 Å². The summed E-state index contributed by atoms with van der Waals surface area (Å²) in [7, 11) is -1.76. The molecule has 0 aliphatic carbocycles. The summed E-state index contributed by atoms with van der Waals surface area (Å²) in [6.45, 7) is 1.70. The Morgan fingerprint density at radius 2 is 2.04 bits per heavy atom. The van der Waals surface area contributed by atoms with Crippen molar-refractivity contribution in [2.45, 2.75) is 0 Å². The standard InChI is InChI=1S/C15H20N4O4S/c1-17-11-16-13-4-3-12(9-14(13)17)19(24(2,21)22)10-15(20)18-5-7-23-8-6-18/h3-4,9,11H,5-8,10H2,1-2H3. The highest BCUT2D eigenvalue weighted by Crippen LogP contribution is 2.23. The van der Waals surface area contributed by atoms with Crippen LogP contribution in [0.3, 0.4) is 0 Å². The highest BCUT2D eigenvalue weighted by atomic mass is 32.2. The molecule has 0 atom stereocenters. The fourth-order valence-corrected chi connectivity index (χ4v) is 3.55. The molecular weight excluding hydrogens is 332 g/mol. The number of rotatable bonds is 4. The molecule has 0 N–H and O–H groups in total. The molecule has 0 saturated carbocycles. The smallest absolute Gasteiger partial charge is 0.243 e. The zero-order valence-electron chi connectivity index (χ0n) is 13.7. The lowest BCUT2D eigenvalue weighted by molar-refractivity contribution is -0.133. The van der Waals surface area contributed by atoms with Crippen LogP contribution in [0.4, 0.5) is 5.69 Å². The van der Waals surface area contributed by atoms with E-state index in [0.29, 0.717) is 32.0 Å². The molecule has 8 nitrogen and oxygen atoms in total. The lowest BCUT2D eigenvalue weighted by Crippen LogP contribution is -2.47. The van der Waals surface area contributed by atoms with E-state index >= 15 is 0 Å². The number of sulfonamides is 1. The maximum Gasteiger partial charge on any atom is 0.243 e. The molecule has 0 spiro atoms. The summed E-state index contributed by atoms with van der Waals surface area (Å²) in [5.74, 6) is -0.228. The molecule has 1 aliphatic heterocycles. The molecule has 130 valence electrons. The average molecular weight is 352 g/mol. The van der Waals surface area contributed by atoms with Gasteiger partial charge in [0, 0.05) is 20.1 Å². The predicted molar refractivity (Wildman–Crippen MR) is 90.3 cm³/mol. The van der Waals surface area contributed by atoms with E-state index in [0.717, 1.165) is 21.6 Å². The molecule has 24 heavy (non-hydrogen) atoms. The Labute approximate surface area is 140 Å². The zero-order valence-corrected chi connectivity index (χ0v) is 14.5. The Balaban J connectivity index is 1.90. The summed E-state index contributed by atoms with van der Waals surface area (Å²) in [6, 6.07) is 5.15. The summed E-state index contributed by atoms with van der Waals surface area (Å²) in [6.07, 6.45) is 2.77. The maximum atomic E-state index is 12.5. The molecule has 1 amide bonds. The first kappa shape index (κ1) is 16.7. The van der Waals surface area contributed by atoms with Gasteiger partial charge in [-0.15, -0.1) is 0 Å². The Bertz CT molecular complexity index is 855. The number of nitrogens with zero attached hydrogens (tertiary/aromatic N) is 4. The molecular formula is C15H20N4O4S. The summed E-state index contributed by atoms with van der Waals surface area (Å²) in [5.41, 5.74) is 2.03. The van der Waals surface area contributed by atoms with E-state index in [1.54, 1.807) is 29.4 Å².